The number of phenols is 1. The largest absolute Gasteiger partial charge is 0.506 e. The maximum Gasteiger partial charge on any atom is 0.331 e. The van der Waals surface area contributed by atoms with Gasteiger partial charge >= 0.3 is 5.69 Å². The highest BCUT2D eigenvalue weighted by Gasteiger charge is 2.18. The summed E-state index contributed by atoms with van der Waals surface area (Å²) in [5.74, 6) is -0.508. The number of aromatic hydroxyl groups is 1. The molecule has 0 spiro atoms. The molecule has 0 saturated carbocycles. The van der Waals surface area contributed by atoms with Crippen LogP contribution >= 0.6 is 22.9 Å². The molecule has 1 N–H and O–H groups in total. The minimum Gasteiger partial charge on any atom is -0.506 e. The third kappa shape index (κ3) is 3.17. The quantitative estimate of drug-likeness (QED) is 0.734. The second kappa shape index (κ2) is 6.89. The van der Waals surface area contributed by atoms with E-state index < -0.39 is 5.82 Å². The van der Waals surface area contributed by atoms with Crippen LogP contribution in [0, 0.1) is 11.7 Å². The molecule has 0 fully saturated rings. The zero-order valence-electron chi connectivity index (χ0n) is 14.5. The fraction of sp³-hybridized carbons (Fsp3) is 0.333. The minimum atomic E-state index is -0.530. The Balaban J connectivity index is 2.19. The molecule has 138 valence electrons. The summed E-state index contributed by atoms with van der Waals surface area (Å²) in [6, 6.07) is 4.01. The molecule has 3 aromatic rings. The summed E-state index contributed by atoms with van der Waals surface area (Å²) < 4.78 is 16.8. The first-order valence-corrected chi connectivity index (χ1v) is 9.28. The van der Waals surface area contributed by atoms with Crippen molar-refractivity contribution in [2.45, 2.75) is 26.8 Å². The van der Waals surface area contributed by atoms with Gasteiger partial charge in [-0.1, -0.05) is 25.4 Å². The molecule has 0 saturated heterocycles. The van der Waals surface area contributed by atoms with Gasteiger partial charge < -0.3 is 5.11 Å². The molecule has 2 heterocycles. The van der Waals surface area contributed by atoms with E-state index in [2.05, 4.69) is 0 Å². The van der Waals surface area contributed by atoms with E-state index in [-0.39, 0.29) is 39.9 Å². The monoisotopic (exact) mass is 396 g/mol. The lowest BCUT2D eigenvalue weighted by molar-refractivity contribution is 0.472. The van der Waals surface area contributed by atoms with E-state index in [0.29, 0.717) is 21.6 Å². The number of phenolic OH excluding ortho intramolecular Hbond substituents is 1. The number of rotatable bonds is 4. The molecule has 0 atom stereocenters. The first kappa shape index (κ1) is 18.7. The normalized spacial score (nSPS) is 11.6. The average Bonchev–Trinajstić information content (AvgIpc) is 3.01. The van der Waals surface area contributed by atoms with Crippen molar-refractivity contribution in [1.29, 1.82) is 0 Å². The van der Waals surface area contributed by atoms with Crippen molar-refractivity contribution < 1.29 is 9.50 Å². The standard InChI is InChI=1S/C18H18ClFN2O3S/c1-9(2)8-22-17-12(16(24)21(3)18(22)25)7-10(26-17)6-11-13(20)4-5-14(23)15(11)19/h4-5,7,9,23H,6,8H2,1-3H3. The van der Waals surface area contributed by atoms with Crippen LogP contribution in [0.4, 0.5) is 4.39 Å². The van der Waals surface area contributed by atoms with E-state index in [9.17, 15) is 19.1 Å². The Kier molecular flexibility index (Phi) is 4.94. The van der Waals surface area contributed by atoms with Gasteiger partial charge in [-0.2, -0.15) is 0 Å². The number of nitrogens with zero attached hydrogens (tertiary/aromatic N) is 2. The topological polar surface area (TPSA) is 64.2 Å². The number of thiophene rings is 1. The lowest BCUT2D eigenvalue weighted by atomic mass is 10.1. The maximum absolute atomic E-state index is 14.1. The van der Waals surface area contributed by atoms with Crippen molar-refractivity contribution >= 4 is 33.2 Å². The Labute approximate surface area is 157 Å². The summed E-state index contributed by atoms with van der Waals surface area (Å²) in [4.78, 5) is 26.2. The molecule has 0 amide bonds. The molecule has 8 heteroatoms. The van der Waals surface area contributed by atoms with Crippen LogP contribution in [0.1, 0.15) is 24.3 Å². The lowest BCUT2D eigenvalue weighted by Crippen LogP contribution is -2.38. The molecule has 0 aliphatic heterocycles. The van der Waals surface area contributed by atoms with Crippen LogP contribution in [0.25, 0.3) is 10.2 Å². The Bertz CT molecular complexity index is 1110. The molecule has 3 rings (SSSR count). The van der Waals surface area contributed by atoms with E-state index in [1.54, 1.807) is 10.6 Å². The average molecular weight is 397 g/mol. The van der Waals surface area contributed by atoms with Crippen molar-refractivity contribution in [1.82, 2.24) is 9.13 Å². The molecule has 0 aliphatic carbocycles. The van der Waals surface area contributed by atoms with Gasteiger partial charge in [-0.05, 0) is 24.1 Å². The van der Waals surface area contributed by atoms with E-state index in [0.717, 1.165) is 10.6 Å². The third-order valence-corrected chi connectivity index (χ3v) is 5.71. The van der Waals surface area contributed by atoms with Crippen molar-refractivity contribution in [3.05, 3.63) is 60.3 Å². The smallest absolute Gasteiger partial charge is 0.331 e. The molecule has 0 bridgehead atoms. The molecule has 0 unspecified atom stereocenters. The first-order chi connectivity index (χ1) is 12.2. The molecule has 1 aromatic carbocycles. The number of halogens is 2. The number of fused-ring (bicyclic) bond motifs is 1. The Morgan fingerprint density at radius 2 is 2.00 bits per heavy atom. The summed E-state index contributed by atoms with van der Waals surface area (Å²) in [7, 11) is 1.45. The van der Waals surface area contributed by atoms with E-state index >= 15 is 0 Å². The fourth-order valence-electron chi connectivity index (χ4n) is 2.86. The third-order valence-electron chi connectivity index (χ3n) is 4.13. The van der Waals surface area contributed by atoms with Gasteiger partial charge in [0.05, 0.1) is 10.4 Å². The van der Waals surface area contributed by atoms with Gasteiger partial charge in [0.2, 0.25) is 0 Å². The van der Waals surface area contributed by atoms with Crippen LogP contribution in [0.5, 0.6) is 5.75 Å². The Hall–Kier alpha value is -2.12. The molecule has 0 aliphatic rings. The molecular weight excluding hydrogens is 379 g/mol. The van der Waals surface area contributed by atoms with Gasteiger partial charge in [0.15, 0.2) is 0 Å². The fourth-order valence-corrected chi connectivity index (χ4v) is 4.24. The van der Waals surface area contributed by atoms with Crippen LogP contribution in [0.3, 0.4) is 0 Å². The van der Waals surface area contributed by atoms with Crippen LogP contribution < -0.4 is 11.2 Å². The Morgan fingerprint density at radius 3 is 2.65 bits per heavy atom. The molecule has 5 nitrogen and oxygen atoms in total. The maximum atomic E-state index is 14.1. The number of hydrogen-bond donors (Lipinski definition) is 1. The highest BCUT2D eigenvalue weighted by molar-refractivity contribution is 7.18. The molecule has 0 radical (unpaired) electrons. The van der Waals surface area contributed by atoms with E-state index in [1.807, 2.05) is 13.8 Å². The zero-order valence-corrected chi connectivity index (χ0v) is 16.1. The van der Waals surface area contributed by atoms with Gasteiger partial charge in [0, 0.05) is 30.5 Å². The van der Waals surface area contributed by atoms with Crippen LogP contribution in [-0.2, 0) is 20.0 Å². The van der Waals surface area contributed by atoms with Gasteiger partial charge in [-0.15, -0.1) is 11.3 Å². The highest BCUT2D eigenvalue weighted by Crippen LogP contribution is 2.33. The van der Waals surface area contributed by atoms with Crippen molar-refractivity contribution in [2.75, 3.05) is 0 Å². The van der Waals surface area contributed by atoms with Gasteiger partial charge in [0.25, 0.3) is 5.56 Å². The first-order valence-electron chi connectivity index (χ1n) is 8.08. The lowest BCUT2D eigenvalue weighted by Gasteiger charge is -2.11. The van der Waals surface area contributed by atoms with Crippen LogP contribution in [-0.4, -0.2) is 14.2 Å². The predicted octanol–water partition coefficient (Wildman–Crippen LogP) is 3.51. The summed E-state index contributed by atoms with van der Waals surface area (Å²) in [5.41, 5.74) is -0.589. The SMILES string of the molecule is CC(C)Cn1c(=O)n(C)c(=O)c2cc(Cc3c(F)ccc(O)c3Cl)sc21. The second-order valence-electron chi connectivity index (χ2n) is 6.62. The molecule has 2 aromatic heterocycles. The summed E-state index contributed by atoms with van der Waals surface area (Å²) >= 11 is 7.29. The summed E-state index contributed by atoms with van der Waals surface area (Å²) in [5, 5.41) is 10.1. The summed E-state index contributed by atoms with van der Waals surface area (Å²) in [6.07, 6.45) is 0.122. The second-order valence-corrected chi connectivity index (χ2v) is 8.11. The highest BCUT2D eigenvalue weighted by atomic mass is 35.5. The number of benzene rings is 1. The van der Waals surface area contributed by atoms with Crippen LogP contribution in [0.15, 0.2) is 27.8 Å². The van der Waals surface area contributed by atoms with Gasteiger partial charge in [-0.25, -0.2) is 9.18 Å². The van der Waals surface area contributed by atoms with Crippen molar-refractivity contribution in [3.63, 3.8) is 0 Å². The predicted molar refractivity (Wildman–Crippen MR) is 102 cm³/mol. The van der Waals surface area contributed by atoms with Gasteiger partial charge in [0.1, 0.15) is 16.4 Å². The van der Waals surface area contributed by atoms with Crippen LogP contribution in [0.2, 0.25) is 5.02 Å². The molecular formula is C18H18ClFN2O3S. The minimum absolute atomic E-state index is 0.0464. The zero-order chi connectivity index (χ0) is 19.2. The molecule has 26 heavy (non-hydrogen) atoms. The van der Waals surface area contributed by atoms with Gasteiger partial charge in [-0.3, -0.25) is 13.9 Å². The van der Waals surface area contributed by atoms with E-state index in [4.69, 9.17) is 11.6 Å². The Morgan fingerprint density at radius 1 is 1.31 bits per heavy atom. The number of aromatic nitrogens is 2. The van der Waals surface area contributed by atoms with Crippen molar-refractivity contribution in [3.8, 4) is 5.75 Å². The van der Waals surface area contributed by atoms with E-state index in [1.165, 1.54) is 24.5 Å². The van der Waals surface area contributed by atoms with Crippen molar-refractivity contribution in [2.24, 2.45) is 13.0 Å². The number of hydrogen-bond acceptors (Lipinski definition) is 4. The summed E-state index contributed by atoms with van der Waals surface area (Å²) in [6.45, 7) is 4.45.